The van der Waals surface area contributed by atoms with Gasteiger partial charge in [0, 0.05) is 4.88 Å². The lowest BCUT2D eigenvalue weighted by molar-refractivity contribution is 0.815. The third kappa shape index (κ3) is 1.24. The van der Waals surface area contributed by atoms with Crippen molar-refractivity contribution >= 4 is 11.3 Å². The molecular weight excluding hydrogens is 168 g/mol. The first-order chi connectivity index (χ1) is 5.85. The monoisotopic (exact) mass is 178 g/mol. The minimum absolute atomic E-state index is 0.655. The van der Waals surface area contributed by atoms with Crippen molar-refractivity contribution in [2.75, 3.05) is 6.54 Å². The van der Waals surface area contributed by atoms with Crippen molar-refractivity contribution in [3.8, 4) is 6.07 Å². The molecule has 1 aliphatic carbocycles. The average molecular weight is 178 g/mol. The zero-order valence-electron chi connectivity index (χ0n) is 6.66. The van der Waals surface area contributed by atoms with Gasteiger partial charge in [0.2, 0.25) is 0 Å². The smallest absolute Gasteiger partial charge is 0.110 e. The molecule has 0 bridgehead atoms. The van der Waals surface area contributed by atoms with Gasteiger partial charge in [-0.3, -0.25) is 0 Å². The maximum Gasteiger partial charge on any atom is 0.110 e. The lowest BCUT2D eigenvalue weighted by Gasteiger charge is -1.90. The van der Waals surface area contributed by atoms with E-state index in [0.717, 1.165) is 11.4 Å². The molecule has 12 heavy (non-hydrogen) atoms. The second-order valence-electron chi connectivity index (χ2n) is 3.15. The van der Waals surface area contributed by atoms with Crippen LogP contribution in [0.1, 0.15) is 22.1 Å². The van der Waals surface area contributed by atoms with Crippen LogP contribution in [-0.2, 0) is 0 Å². The van der Waals surface area contributed by atoms with Gasteiger partial charge < -0.3 is 5.73 Å². The van der Waals surface area contributed by atoms with Crippen molar-refractivity contribution in [3.05, 3.63) is 21.9 Å². The molecule has 1 fully saturated rings. The second-order valence-corrected chi connectivity index (χ2v) is 4.27. The molecule has 2 unspecified atom stereocenters. The van der Waals surface area contributed by atoms with E-state index in [2.05, 4.69) is 12.1 Å². The van der Waals surface area contributed by atoms with E-state index in [1.807, 2.05) is 6.07 Å². The summed E-state index contributed by atoms with van der Waals surface area (Å²) in [6.45, 7) is 0.782. The Morgan fingerprint density at radius 3 is 3.00 bits per heavy atom. The molecule has 1 heterocycles. The van der Waals surface area contributed by atoms with Crippen molar-refractivity contribution < 1.29 is 0 Å². The van der Waals surface area contributed by atoms with Gasteiger partial charge in [-0.2, -0.15) is 5.26 Å². The Morgan fingerprint density at radius 1 is 1.67 bits per heavy atom. The van der Waals surface area contributed by atoms with Crippen molar-refractivity contribution in [2.24, 2.45) is 11.7 Å². The number of nitrogens with two attached hydrogens (primary N) is 1. The van der Waals surface area contributed by atoms with Crippen LogP contribution in [0.4, 0.5) is 0 Å². The van der Waals surface area contributed by atoms with Crippen LogP contribution in [0, 0.1) is 17.2 Å². The predicted octanol–water partition coefficient (Wildman–Crippen LogP) is 1.68. The van der Waals surface area contributed by atoms with Crippen molar-refractivity contribution in [2.45, 2.75) is 12.3 Å². The average Bonchev–Trinajstić information content (AvgIpc) is 2.75. The summed E-state index contributed by atoms with van der Waals surface area (Å²) in [5.74, 6) is 1.33. The van der Waals surface area contributed by atoms with E-state index in [0.29, 0.717) is 11.8 Å². The Morgan fingerprint density at radius 2 is 2.50 bits per heavy atom. The zero-order chi connectivity index (χ0) is 8.55. The molecule has 62 valence electrons. The Bertz CT molecular complexity index is 324. The fourth-order valence-corrected chi connectivity index (χ4v) is 2.48. The summed E-state index contributed by atoms with van der Waals surface area (Å²) in [7, 11) is 0. The molecule has 0 saturated heterocycles. The van der Waals surface area contributed by atoms with Crippen LogP contribution in [0.2, 0.25) is 0 Å². The molecule has 3 heteroatoms. The number of hydrogen-bond acceptors (Lipinski definition) is 3. The Hall–Kier alpha value is -0.850. The first kappa shape index (κ1) is 7.78. The molecule has 2 rings (SSSR count). The molecule has 0 spiro atoms. The van der Waals surface area contributed by atoms with E-state index in [-0.39, 0.29) is 0 Å². The molecule has 1 saturated carbocycles. The summed E-state index contributed by atoms with van der Waals surface area (Å²) >= 11 is 1.61. The molecule has 1 aromatic heterocycles. The predicted molar refractivity (Wildman–Crippen MR) is 48.9 cm³/mol. The third-order valence-corrected chi connectivity index (χ3v) is 3.45. The molecular formula is C9H10N2S. The van der Waals surface area contributed by atoms with Crippen LogP contribution in [-0.4, -0.2) is 6.54 Å². The van der Waals surface area contributed by atoms with E-state index in [1.165, 1.54) is 11.3 Å². The molecule has 0 radical (unpaired) electrons. The highest BCUT2D eigenvalue weighted by atomic mass is 32.1. The van der Waals surface area contributed by atoms with E-state index in [4.69, 9.17) is 11.0 Å². The van der Waals surface area contributed by atoms with Gasteiger partial charge in [-0.25, -0.2) is 0 Å². The van der Waals surface area contributed by atoms with E-state index < -0.39 is 0 Å². The summed E-state index contributed by atoms with van der Waals surface area (Å²) in [4.78, 5) is 2.15. The summed E-state index contributed by atoms with van der Waals surface area (Å²) in [6.07, 6.45) is 1.21. The Kier molecular flexibility index (Phi) is 1.87. The topological polar surface area (TPSA) is 49.8 Å². The first-order valence-electron chi connectivity index (χ1n) is 4.05. The Balaban J connectivity index is 2.11. The van der Waals surface area contributed by atoms with Gasteiger partial charge in [-0.1, -0.05) is 0 Å². The van der Waals surface area contributed by atoms with Gasteiger partial charge in [0.15, 0.2) is 0 Å². The van der Waals surface area contributed by atoms with Crippen LogP contribution >= 0.6 is 11.3 Å². The van der Waals surface area contributed by atoms with Gasteiger partial charge in [0.05, 0.1) is 0 Å². The lowest BCUT2D eigenvalue weighted by atomic mass is 10.2. The number of nitrogens with zero attached hydrogens (tertiary/aromatic N) is 1. The van der Waals surface area contributed by atoms with E-state index in [9.17, 15) is 0 Å². The third-order valence-electron chi connectivity index (χ3n) is 2.33. The largest absolute Gasteiger partial charge is 0.330 e. The minimum atomic E-state index is 0.655. The van der Waals surface area contributed by atoms with E-state index in [1.54, 1.807) is 11.3 Å². The van der Waals surface area contributed by atoms with Gasteiger partial charge in [0.1, 0.15) is 10.9 Å². The molecule has 0 amide bonds. The highest BCUT2D eigenvalue weighted by Crippen LogP contribution is 2.48. The highest BCUT2D eigenvalue weighted by Gasteiger charge is 2.37. The summed E-state index contributed by atoms with van der Waals surface area (Å²) < 4.78 is 0. The van der Waals surface area contributed by atoms with Crippen molar-refractivity contribution in [3.63, 3.8) is 0 Å². The van der Waals surface area contributed by atoms with Crippen LogP contribution < -0.4 is 5.73 Å². The van der Waals surface area contributed by atoms with Gasteiger partial charge in [-0.15, -0.1) is 11.3 Å². The fourth-order valence-electron chi connectivity index (χ4n) is 1.47. The minimum Gasteiger partial charge on any atom is -0.330 e. The molecule has 1 aromatic rings. The van der Waals surface area contributed by atoms with Crippen LogP contribution in [0.25, 0.3) is 0 Å². The zero-order valence-corrected chi connectivity index (χ0v) is 7.47. The molecule has 1 aliphatic rings. The lowest BCUT2D eigenvalue weighted by Crippen LogP contribution is -2.01. The maximum atomic E-state index is 8.61. The molecule has 2 nitrogen and oxygen atoms in total. The van der Waals surface area contributed by atoms with Gasteiger partial charge in [-0.05, 0) is 36.9 Å². The molecule has 2 atom stereocenters. The van der Waals surface area contributed by atoms with Gasteiger partial charge >= 0.3 is 0 Å². The molecule has 0 aliphatic heterocycles. The fraction of sp³-hybridized carbons (Fsp3) is 0.444. The molecule has 0 aromatic carbocycles. The van der Waals surface area contributed by atoms with Crippen LogP contribution in [0.3, 0.4) is 0 Å². The number of hydrogen-bond donors (Lipinski definition) is 1. The summed E-state index contributed by atoms with van der Waals surface area (Å²) in [5, 5.41) is 8.61. The number of rotatable bonds is 2. The second kappa shape index (κ2) is 2.89. The normalized spacial score (nSPS) is 26.7. The summed E-state index contributed by atoms with van der Waals surface area (Å²) in [5.41, 5.74) is 5.54. The SMILES string of the molecule is N#Cc1ccc(C2CC2CN)s1. The number of thiophene rings is 1. The maximum absolute atomic E-state index is 8.61. The quantitative estimate of drug-likeness (QED) is 0.749. The standard InChI is InChI=1S/C9H10N2S/c10-4-6-3-8(6)9-2-1-7(5-11)12-9/h1-2,6,8H,3-4,10H2. The summed E-state index contributed by atoms with van der Waals surface area (Å²) in [6, 6.07) is 6.10. The molecule has 2 N–H and O–H groups in total. The van der Waals surface area contributed by atoms with Crippen molar-refractivity contribution in [1.82, 2.24) is 0 Å². The Labute approximate surface area is 75.6 Å². The number of nitriles is 1. The van der Waals surface area contributed by atoms with Gasteiger partial charge in [0.25, 0.3) is 0 Å². The van der Waals surface area contributed by atoms with E-state index >= 15 is 0 Å². The van der Waals surface area contributed by atoms with Crippen LogP contribution in [0.15, 0.2) is 12.1 Å². The van der Waals surface area contributed by atoms with Crippen molar-refractivity contribution in [1.29, 1.82) is 5.26 Å². The van der Waals surface area contributed by atoms with Crippen LogP contribution in [0.5, 0.6) is 0 Å². The first-order valence-corrected chi connectivity index (χ1v) is 4.86. The highest BCUT2D eigenvalue weighted by molar-refractivity contribution is 7.12.